The molecule has 0 saturated heterocycles. The van der Waals surface area contributed by atoms with Gasteiger partial charge in [-0.15, -0.1) is 0 Å². The number of carbonyl (C=O) groups is 2. The topological polar surface area (TPSA) is 102 Å². The zero-order valence-electron chi connectivity index (χ0n) is 19.0. The molecule has 0 spiro atoms. The van der Waals surface area contributed by atoms with Gasteiger partial charge in [0.25, 0.3) is 5.91 Å². The SMILES string of the molecule is C=CC(=O)NCc1cnc(-c2ccc(F)cc2)cc1-c1ccn(Cc2ccnc(C(=O)NC)c2)n1. The maximum absolute atomic E-state index is 13.4. The zero-order chi connectivity index (χ0) is 24.8. The molecule has 8 nitrogen and oxygen atoms in total. The molecule has 0 radical (unpaired) electrons. The molecule has 0 atom stereocenters. The monoisotopic (exact) mass is 470 g/mol. The van der Waals surface area contributed by atoms with E-state index >= 15 is 0 Å². The van der Waals surface area contributed by atoms with E-state index in [1.807, 2.05) is 24.4 Å². The van der Waals surface area contributed by atoms with Crippen LogP contribution in [0.2, 0.25) is 0 Å². The van der Waals surface area contributed by atoms with Gasteiger partial charge in [0.15, 0.2) is 0 Å². The summed E-state index contributed by atoms with van der Waals surface area (Å²) in [6.07, 6.45) is 6.30. The number of hydrogen-bond acceptors (Lipinski definition) is 5. The van der Waals surface area contributed by atoms with Crippen LogP contribution in [-0.2, 0) is 17.9 Å². The minimum absolute atomic E-state index is 0.240. The zero-order valence-corrected chi connectivity index (χ0v) is 19.0. The summed E-state index contributed by atoms with van der Waals surface area (Å²) in [5.41, 5.74) is 4.83. The van der Waals surface area contributed by atoms with E-state index in [0.717, 1.165) is 22.3 Å². The maximum Gasteiger partial charge on any atom is 0.269 e. The first-order valence-electron chi connectivity index (χ1n) is 10.8. The predicted octanol–water partition coefficient (Wildman–Crippen LogP) is 3.36. The number of benzene rings is 1. The Bertz CT molecular complexity index is 1380. The minimum atomic E-state index is -0.327. The van der Waals surface area contributed by atoms with Gasteiger partial charge in [0.05, 0.1) is 17.9 Å². The summed E-state index contributed by atoms with van der Waals surface area (Å²) >= 11 is 0. The van der Waals surface area contributed by atoms with Gasteiger partial charge >= 0.3 is 0 Å². The van der Waals surface area contributed by atoms with Gasteiger partial charge in [0, 0.05) is 43.3 Å². The van der Waals surface area contributed by atoms with Crippen molar-refractivity contribution in [3.63, 3.8) is 0 Å². The van der Waals surface area contributed by atoms with Crippen LogP contribution in [0.25, 0.3) is 22.5 Å². The highest BCUT2D eigenvalue weighted by Crippen LogP contribution is 2.27. The van der Waals surface area contributed by atoms with E-state index in [1.165, 1.54) is 18.2 Å². The molecule has 3 aromatic heterocycles. The Balaban J connectivity index is 1.66. The van der Waals surface area contributed by atoms with Gasteiger partial charge in [-0.25, -0.2) is 4.39 Å². The third kappa shape index (κ3) is 5.64. The van der Waals surface area contributed by atoms with Gasteiger partial charge in [0.1, 0.15) is 11.5 Å². The summed E-state index contributed by atoms with van der Waals surface area (Å²) in [4.78, 5) is 32.2. The Hall–Kier alpha value is -4.66. The van der Waals surface area contributed by atoms with Crippen molar-refractivity contribution in [2.24, 2.45) is 0 Å². The third-order valence-corrected chi connectivity index (χ3v) is 5.31. The molecule has 0 aliphatic carbocycles. The van der Waals surface area contributed by atoms with E-state index in [0.29, 0.717) is 23.6 Å². The molecule has 4 rings (SSSR count). The van der Waals surface area contributed by atoms with Crippen LogP contribution in [0.3, 0.4) is 0 Å². The van der Waals surface area contributed by atoms with Gasteiger partial charge in [-0.2, -0.15) is 5.10 Å². The summed E-state index contributed by atoms with van der Waals surface area (Å²) in [5, 5.41) is 10.0. The van der Waals surface area contributed by atoms with Crippen molar-refractivity contribution in [2.75, 3.05) is 7.05 Å². The Kier molecular flexibility index (Phi) is 7.06. The molecule has 1 aromatic carbocycles. The molecule has 176 valence electrons. The molecule has 0 saturated carbocycles. The molecule has 0 aliphatic heterocycles. The van der Waals surface area contributed by atoms with Crippen molar-refractivity contribution in [2.45, 2.75) is 13.1 Å². The van der Waals surface area contributed by atoms with Crippen molar-refractivity contribution in [1.82, 2.24) is 30.4 Å². The standard InChI is InChI=1S/C26H23FN6O2/c1-3-25(34)31-15-19-14-30-23(18-4-6-20(27)7-5-18)13-21(19)22-9-11-33(32-22)16-17-8-10-29-24(12-17)26(35)28-2/h3-14H,1,15-16H2,2H3,(H,28,35)(H,31,34). The molecule has 2 N–H and O–H groups in total. The summed E-state index contributed by atoms with van der Waals surface area (Å²) in [7, 11) is 1.56. The van der Waals surface area contributed by atoms with Crippen LogP contribution in [0.5, 0.6) is 0 Å². The molecule has 0 bridgehead atoms. The second kappa shape index (κ2) is 10.5. The normalized spacial score (nSPS) is 10.6. The lowest BCUT2D eigenvalue weighted by Gasteiger charge is -2.11. The second-order valence-corrected chi connectivity index (χ2v) is 7.68. The fourth-order valence-corrected chi connectivity index (χ4v) is 3.50. The number of aromatic nitrogens is 4. The Morgan fingerprint density at radius 3 is 2.63 bits per heavy atom. The molecule has 0 unspecified atom stereocenters. The van der Waals surface area contributed by atoms with Crippen molar-refractivity contribution < 1.29 is 14.0 Å². The quantitative estimate of drug-likeness (QED) is 0.385. The molecule has 0 aliphatic rings. The number of nitrogens with zero attached hydrogens (tertiary/aromatic N) is 4. The molecule has 3 heterocycles. The minimum Gasteiger partial charge on any atom is -0.354 e. The van der Waals surface area contributed by atoms with Crippen molar-refractivity contribution in [1.29, 1.82) is 0 Å². The van der Waals surface area contributed by atoms with Gasteiger partial charge in [-0.1, -0.05) is 6.58 Å². The Morgan fingerprint density at radius 2 is 1.89 bits per heavy atom. The highest BCUT2D eigenvalue weighted by Gasteiger charge is 2.13. The molecule has 2 amide bonds. The fraction of sp³-hybridized carbons (Fsp3) is 0.115. The van der Waals surface area contributed by atoms with E-state index < -0.39 is 0 Å². The predicted molar refractivity (Wildman–Crippen MR) is 130 cm³/mol. The number of pyridine rings is 2. The van der Waals surface area contributed by atoms with Crippen LogP contribution in [0.1, 0.15) is 21.6 Å². The Morgan fingerprint density at radius 1 is 1.09 bits per heavy atom. The number of hydrogen-bond donors (Lipinski definition) is 2. The van der Waals surface area contributed by atoms with Gasteiger partial charge < -0.3 is 10.6 Å². The average Bonchev–Trinajstić information content (AvgIpc) is 3.35. The molecular formula is C26H23FN6O2. The van der Waals surface area contributed by atoms with Crippen molar-refractivity contribution >= 4 is 11.8 Å². The molecular weight excluding hydrogens is 447 g/mol. The highest BCUT2D eigenvalue weighted by atomic mass is 19.1. The van der Waals surface area contributed by atoms with E-state index in [4.69, 9.17) is 5.10 Å². The number of nitrogens with one attached hydrogen (secondary N) is 2. The van der Waals surface area contributed by atoms with E-state index in [9.17, 15) is 14.0 Å². The van der Waals surface area contributed by atoms with Crippen molar-refractivity contribution in [3.8, 4) is 22.5 Å². The summed E-state index contributed by atoms with van der Waals surface area (Å²) in [5.74, 6) is -0.884. The lowest BCUT2D eigenvalue weighted by atomic mass is 10.0. The smallest absolute Gasteiger partial charge is 0.269 e. The second-order valence-electron chi connectivity index (χ2n) is 7.68. The van der Waals surface area contributed by atoms with Crippen LogP contribution in [0, 0.1) is 5.82 Å². The van der Waals surface area contributed by atoms with E-state index in [-0.39, 0.29) is 24.2 Å². The van der Waals surface area contributed by atoms with Crippen LogP contribution in [-0.4, -0.2) is 38.6 Å². The highest BCUT2D eigenvalue weighted by molar-refractivity contribution is 5.92. The lowest BCUT2D eigenvalue weighted by Crippen LogP contribution is -2.20. The Labute approximate surface area is 201 Å². The molecule has 9 heteroatoms. The number of amides is 2. The van der Waals surface area contributed by atoms with Gasteiger partial charge in [0.2, 0.25) is 5.91 Å². The third-order valence-electron chi connectivity index (χ3n) is 5.31. The van der Waals surface area contributed by atoms with E-state index in [2.05, 4.69) is 27.2 Å². The molecule has 0 fully saturated rings. The fourth-order valence-electron chi connectivity index (χ4n) is 3.50. The summed E-state index contributed by atoms with van der Waals surface area (Å²) in [6, 6.07) is 13.4. The first-order valence-corrected chi connectivity index (χ1v) is 10.8. The first kappa shape index (κ1) is 23.5. The number of carbonyl (C=O) groups excluding carboxylic acids is 2. The maximum atomic E-state index is 13.4. The van der Waals surface area contributed by atoms with Crippen LogP contribution < -0.4 is 10.6 Å². The lowest BCUT2D eigenvalue weighted by molar-refractivity contribution is -0.116. The number of halogens is 1. The van der Waals surface area contributed by atoms with Gasteiger partial charge in [-0.3, -0.25) is 24.2 Å². The average molecular weight is 471 g/mol. The molecule has 4 aromatic rings. The summed E-state index contributed by atoms with van der Waals surface area (Å²) < 4.78 is 15.1. The first-order chi connectivity index (χ1) is 17.0. The van der Waals surface area contributed by atoms with Crippen molar-refractivity contribution in [3.05, 3.63) is 102 Å². The van der Waals surface area contributed by atoms with Crippen LogP contribution in [0.15, 0.2) is 79.8 Å². The summed E-state index contributed by atoms with van der Waals surface area (Å²) in [6.45, 7) is 4.15. The van der Waals surface area contributed by atoms with Crippen LogP contribution in [0.4, 0.5) is 4.39 Å². The largest absolute Gasteiger partial charge is 0.354 e. The van der Waals surface area contributed by atoms with E-state index in [1.54, 1.807) is 42.3 Å². The van der Waals surface area contributed by atoms with Gasteiger partial charge in [-0.05, 0) is 65.7 Å². The van der Waals surface area contributed by atoms with Crippen LogP contribution >= 0.6 is 0 Å². The molecule has 35 heavy (non-hydrogen) atoms. The number of rotatable bonds is 8.